The minimum absolute atomic E-state index is 0.718. The molecular formula is C19H27N5. The van der Waals surface area contributed by atoms with Gasteiger partial charge in [0.15, 0.2) is 5.82 Å². The van der Waals surface area contributed by atoms with Crippen molar-refractivity contribution in [1.82, 2.24) is 19.9 Å². The van der Waals surface area contributed by atoms with Crippen LogP contribution in [-0.4, -0.2) is 52.6 Å². The highest BCUT2D eigenvalue weighted by atomic mass is 15.3. The Hall–Kier alpha value is -2.01. The summed E-state index contributed by atoms with van der Waals surface area (Å²) in [5.74, 6) is 2.52. The molecule has 1 fully saturated rings. The highest BCUT2D eigenvalue weighted by Gasteiger charge is 2.18. The molecule has 1 saturated heterocycles. The topological polar surface area (TPSA) is 45.2 Å². The Kier molecular flexibility index (Phi) is 5.41. The average Bonchev–Trinajstić information content (AvgIpc) is 2.80. The lowest BCUT2D eigenvalue weighted by molar-refractivity contribution is 0.261. The van der Waals surface area contributed by atoms with Crippen LogP contribution in [0.2, 0.25) is 0 Å². The van der Waals surface area contributed by atoms with Crippen LogP contribution in [-0.2, 0) is 0 Å². The second-order valence-electron chi connectivity index (χ2n) is 6.97. The molecule has 3 heterocycles. The quantitative estimate of drug-likeness (QED) is 0.864. The lowest BCUT2D eigenvalue weighted by Crippen LogP contribution is -2.33. The summed E-state index contributed by atoms with van der Waals surface area (Å²) in [6, 6.07) is 6.03. The van der Waals surface area contributed by atoms with Crippen LogP contribution < -0.4 is 4.90 Å². The standard InChI is InChI=1S/C19H27N5/c1-15(2)14-23-8-5-9-24(11-10-23)18-12-16(3)21-19(22-18)17-6-4-7-20-13-17/h4,6-7,12-13,15H,5,8-11,14H2,1-3H3. The molecular weight excluding hydrogens is 298 g/mol. The summed E-state index contributed by atoms with van der Waals surface area (Å²) in [6.45, 7) is 12.1. The number of nitrogens with zero attached hydrogens (tertiary/aromatic N) is 5. The minimum Gasteiger partial charge on any atom is -0.355 e. The second-order valence-corrected chi connectivity index (χ2v) is 6.97. The normalized spacial score (nSPS) is 16.4. The number of aromatic nitrogens is 3. The van der Waals surface area contributed by atoms with Gasteiger partial charge in [-0.15, -0.1) is 0 Å². The first-order valence-corrected chi connectivity index (χ1v) is 8.85. The Morgan fingerprint density at radius 3 is 2.75 bits per heavy atom. The fraction of sp³-hybridized carbons (Fsp3) is 0.526. The zero-order valence-electron chi connectivity index (χ0n) is 14.9. The first kappa shape index (κ1) is 16.8. The summed E-state index contributed by atoms with van der Waals surface area (Å²) in [5, 5.41) is 0. The Bertz CT molecular complexity index is 656. The van der Waals surface area contributed by atoms with Gasteiger partial charge in [0.25, 0.3) is 0 Å². The van der Waals surface area contributed by atoms with E-state index < -0.39 is 0 Å². The zero-order valence-corrected chi connectivity index (χ0v) is 14.9. The zero-order chi connectivity index (χ0) is 16.9. The minimum atomic E-state index is 0.718. The molecule has 0 amide bonds. The predicted molar refractivity (Wildman–Crippen MR) is 98.1 cm³/mol. The van der Waals surface area contributed by atoms with E-state index in [-0.39, 0.29) is 0 Å². The maximum atomic E-state index is 4.81. The number of pyridine rings is 1. The SMILES string of the molecule is Cc1cc(N2CCCN(CC(C)C)CC2)nc(-c2cccnc2)n1. The second kappa shape index (κ2) is 7.71. The Morgan fingerprint density at radius 2 is 2.00 bits per heavy atom. The molecule has 5 heteroatoms. The van der Waals surface area contributed by atoms with Crippen molar-refractivity contribution in [3.05, 3.63) is 36.3 Å². The third-order valence-electron chi connectivity index (χ3n) is 4.30. The third-order valence-corrected chi connectivity index (χ3v) is 4.30. The van der Waals surface area contributed by atoms with Gasteiger partial charge in [-0.2, -0.15) is 0 Å². The maximum Gasteiger partial charge on any atom is 0.163 e. The fourth-order valence-electron chi connectivity index (χ4n) is 3.24. The van der Waals surface area contributed by atoms with Crippen molar-refractivity contribution in [2.24, 2.45) is 5.92 Å². The molecule has 5 nitrogen and oxygen atoms in total. The molecule has 2 aromatic rings. The van der Waals surface area contributed by atoms with E-state index in [1.165, 1.54) is 19.5 Å². The fourth-order valence-corrected chi connectivity index (χ4v) is 3.24. The van der Waals surface area contributed by atoms with E-state index in [4.69, 9.17) is 4.98 Å². The lowest BCUT2D eigenvalue weighted by Gasteiger charge is -2.24. The van der Waals surface area contributed by atoms with Gasteiger partial charge in [-0.1, -0.05) is 13.8 Å². The maximum absolute atomic E-state index is 4.81. The largest absolute Gasteiger partial charge is 0.355 e. The van der Waals surface area contributed by atoms with Crippen molar-refractivity contribution in [2.75, 3.05) is 37.6 Å². The van der Waals surface area contributed by atoms with Crippen molar-refractivity contribution >= 4 is 5.82 Å². The highest BCUT2D eigenvalue weighted by molar-refractivity contribution is 5.56. The van der Waals surface area contributed by atoms with Crippen LogP contribution >= 0.6 is 0 Å². The van der Waals surface area contributed by atoms with Crippen molar-refractivity contribution in [1.29, 1.82) is 0 Å². The van der Waals surface area contributed by atoms with Crippen molar-refractivity contribution in [3.8, 4) is 11.4 Å². The molecule has 0 saturated carbocycles. The van der Waals surface area contributed by atoms with Crippen LogP contribution in [0.25, 0.3) is 11.4 Å². The lowest BCUT2D eigenvalue weighted by atomic mass is 10.2. The molecule has 0 bridgehead atoms. The molecule has 3 rings (SSSR count). The summed E-state index contributed by atoms with van der Waals surface area (Å²) in [5.41, 5.74) is 1.97. The van der Waals surface area contributed by atoms with E-state index in [1.807, 2.05) is 25.3 Å². The molecule has 0 spiro atoms. The van der Waals surface area contributed by atoms with Crippen molar-refractivity contribution in [3.63, 3.8) is 0 Å². The Labute approximate surface area is 144 Å². The molecule has 1 aliphatic rings. The molecule has 0 unspecified atom stereocenters. The van der Waals surface area contributed by atoms with Gasteiger partial charge in [-0.05, 0) is 37.9 Å². The average molecular weight is 325 g/mol. The first-order chi connectivity index (χ1) is 11.6. The van der Waals surface area contributed by atoms with Crippen LogP contribution in [0.4, 0.5) is 5.82 Å². The molecule has 24 heavy (non-hydrogen) atoms. The van der Waals surface area contributed by atoms with Gasteiger partial charge >= 0.3 is 0 Å². The van der Waals surface area contributed by atoms with Gasteiger partial charge in [-0.25, -0.2) is 9.97 Å². The van der Waals surface area contributed by atoms with Gasteiger partial charge in [0.05, 0.1) is 0 Å². The molecule has 1 aliphatic heterocycles. The third kappa shape index (κ3) is 4.29. The summed E-state index contributed by atoms with van der Waals surface area (Å²) in [7, 11) is 0. The molecule has 2 aromatic heterocycles. The Balaban J connectivity index is 1.78. The van der Waals surface area contributed by atoms with Gasteiger partial charge in [0.2, 0.25) is 0 Å². The number of aryl methyl sites for hydroxylation is 1. The van der Waals surface area contributed by atoms with E-state index in [0.29, 0.717) is 0 Å². The van der Waals surface area contributed by atoms with Crippen LogP contribution in [0.15, 0.2) is 30.6 Å². The first-order valence-electron chi connectivity index (χ1n) is 8.85. The monoisotopic (exact) mass is 325 g/mol. The van der Waals surface area contributed by atoms with E-state index >= 15 is 0 Å². The van der Waals surface area contributed by atoms with Crippen LogP contribution in [0.3, 0.4) is 0 Å². The molecule has 0 aromatic carbocycles. The van der Waals surface area contributed by atoms with Crippen LogP contribution in [0, 0.1) is 12.8 Å². The molecule has 0 N–H and O–H groups in total. The van der Waals surface area contributed by atoms with E-state index in [9.17, 15) is 0 Å². The highest BCUT2D eigenvalue weighted by Crippen LogP contribution is 2.20. The molecule has 0 aliphatic carbocycles. The molecule has 128 valence electrons. The van der Waals surface area contributed by atoms with Gasteiger partial charge < -0.3 is 9.80 Å². The molecule has 0 radical (unpaired) electrons. The van der Waals surface area contributed by atoms with Crippen LogP contribution in [0.1, 0.15) is 26.0 Å². The Morgan fingerprint density at radius 1 is 1.12 bits per heavy atom. The number of hydrogen-bond acceptors (Lipinski definition) is 5. The number of hydrogen-bond donors (Lipinski definition) is 0. The summed E-state index contributed by atoms with van der Waals surface area (Å²) >= 11 is 0. The van der Waals surface area contributed by atoms with Gasteiger partial charge in [0, 0.05) is 55.9 Å². The van der Waals surface area contributed by atoms with Crippen LogP contribution in [0.5, 0.6) is 0 Å². The summed E-state index contributed by atoms with van der Waals surface area (Å²) < 4.78 is 0. The number of rotatable bonds is 4. The van der Waals surface area contributed by atoms with E-state index in [1.54, 1.807) is 6.20 Å². The van der Waals surface area contributed by atoms with Gasteiger partial charge in [-0.3, -0.25) is 4.98 Å². The summed E-state index contributed by atoms with van der Waals surface area (Å²) in [6.07, 6.45) is 4.78. The van der Waals surface area contributed by atoms with Crippen molar-refractivity contribution in [2.45, 2.75) is 27.2 Å². The predicted octanol–water partition coefficient (Wildman–Crippen LogP) is 3.02. The van der Waals surface area contributed by atoms with Gasteiger partial charge in [0.1, 0.15) is 5.82 Å². The summed E-state index contributed by atoms with van der Waals surface area (Å²) in [4.78, 5) is 18.6. The smallest absolute Gasteiger partial charge is 0.163 e. The van der Waals surface area contributed by atoms with E-state index in [2.05, 4.69) is 39.7 Å². The van der Waals surface area contributed by atoms with Crippen molar-refractivity contribution < 1.29 is 0 Å². The van der Waals surface area contributed by atoms with E-state index in [0.717, 1.165) is 48.5 Å². The molecule has 0 atom stereocenters. The number of anilines is 1.